The van der Waals surface area contributed by atoms with Crippen molar-refractivity contribution in [3.05, 3.63) is 80.7 Å². The first-order valence-corrected chi connectivity index (χ1v) is 13.0. The Balaban J connectivity index is 1.45. The van der Waals surface area contributed by atoms with Crippen LogP contribution in [-0.4, -0.2) is 26.6 Å². The van der Waals surface area contributed by atoms with Gasteiger partial charge in [-0.15, -0.1) is 23.1 Å². The molecule has 12 heteroatoms. The van der Waals surface area contributed by atoms with Crippen molar-refractivity contribution in [3.8, 4) is 34.5 Å². The number of nitro groups is 1. The Morgan fingerprint density at radius 2 is 1.87 bits per heavy atom. The number of hydrogen-bond donors (Lipinski definition) is 2. The second kappa shape index (κ2) is 11.5. The summed E-state index contributed by atoms with van der Waals surface area (Å²) in [5.41, 5.74) is 9.60. The number of amides is 1. The van der Waals surface area contributed by atoms with E-state index in [1.165, 1.54) is 35.2 Å². The lowest BCUT2D eigenvalue weighted by Crippen LogP contribution is -2.12. The fourth-order valence-corrected chi connectivity index (χ4v) is 5.25. The number of carbonyl (C=O) groups excluding carboxylic acids is 1. The summed E-state index contributed by atoms with van der Waals surface area (Å²) in [7, 11) is 0. The van der Waals surface area contributed by atoms with Gasteiger partial charge in [-0.25, -0.2) is 9.97 Å². The molecule has 0 fully saturated rings. The zero-order valence-corrected chi connectivity index (χ0v) is 21.6. The van der Waals surface area contributed by atoms with Crippen LogP contribution < -0.4 is 11.1 Å². The van der Waals surface area contributed by atoms with Crippen LogP contribution in [0.4, 0.5) is 16.6 Å². The molecular weight excluding hydrogens is 522 g/mol. The van der Waals surface area contributed by atoms with Gasteiger partial charge in [-0.05, 0) is 12.5 Å². The monoisotopic (exact) mass is 541 g/mol. The van der Waals surface area contributed by atoms with Crippen LogP contribution in [0.15, 0.2) is 58.9 Å². The van der Waals surface area contributed by atoms with E-state index in [0.717, 1.165) is 5.56 Å². The van der Waals surface area contributed by atoms with E-state index in [0.29, 0.717) is 38.3 Å². The number of nitrogens with zero attached hydrogens (tertiary/aromatic N) is 5. The highest BCUT2D eigenvalue weighted by Crippen LogP contribution is 2.36. The van der Waals surface area contributed by atoms with E-state index in [4.69, 9.17) is 5.73 Å². The number of thioether (sulfide) groups is 1. The van der Waals surface area contributed by atoms with Crippen LogP contribution in [0.1, 0.15) is 23.1 Å². The molecule has 3 N–H and O–H groups in total. The van der Waals surface area contributed by atoms with Crippen molar-refractivity contribution >= 4 is 45.6 Å². The number of nitrogen functional groups attached to an aromatic ring is 1. The molecule has 0 aliphatic rings. The van der Waals surface area contributed by atoms with Gasteiger partial charge in [0.2, 0.25) is 5.91 Å². The first-order valence-electron chi connectivity index (χ1n) is 11.1. The van der Waals surface area contributed by atoms with Crippen LogP contribution in [0.2, 0.25) is 0 Å². The molecule has 0 unspecified atom stereocenters. The molecule has 4 aromatic rings. The fourth-order valence-electron chi connectivity index (χ4n) is 3.58. The number of anilines is 2. The summed E-state index contributed by atoms with van der Waals surface area (Å²) in [5.74, 6) is 0.0248. The van der Waals surface area contributed by atoms with Crippen molar-refractivity contribution in [2.75, 3.05) is 16.8 Å². The van der Waals surface area contributed by atoms with Gasteiger partial charge in [0.05, 0.1) is 16.2 Å². The van der Waals surface area contributed by atoms with Crippen molar-refractivity contribution in [3.63, 3.8) is 0 Å². The van der Waals surface area contributed by atoms with Gasteiger partial charge < -0.3 is 11.1 Å². The Kier molecular flexibility index (Phi) is 7.97. The van der Waals surface area contributed by atoms with Crippen molar-refractivity contribution < 1.29 is 9.72 Å². The second-order valence-corrected chi connectivity index (χ2v) is 9.95. The molecule has 0 aliphatic heterocycles. The van der Waals surface area contributed by atoms with Crippen LogP contribution in [0.5, 0.6) is 0 Å². The Labute approximate surface area is 225 Å². The summed E-state index contributed by atoms with van der Waals surface area (Å²) in [5, 5.41) is 35.7. The SMILES string of the molecule is Cc1ccc(-c2c(C#N)c(N)nc(SCCC(=O)Nc3nc(-c4cccc([N+](=O)[O-])c4)cs3)c2C#N)cc1. The van der Waals surface area contributed by atoms with Gasteiger partial charge in [-0.3, -0.25) is 14.9 Å². The minimum atomic E-state index is -0.478. The summed E-state index contributed by atoms with van der Waals surface area (Å²) >= 11 is 2.40. The Hall–Kier alpha value is -4.78. The zero-order valence-electron chi connectivity index (χ0n) is 20.0. The smallest absolute Gasteiger partial charge is 0.270 e. The van der Waals surface area contributed by atoms with Crippen molar-refractivity contribution in [1.29, 1.82) is 10.5 Å². The number of aryl methyl sites for hydroxylation is 1. The highest BCUT2D eigenvalue weighted by Gasteiger charge is 2.21. The van der Waals surface area contributed by atoms with E-state index in [-0.39, 0.29) is 35.0 Å². The van der Waals surface area contributed by atoms with Gasteiger partial charge in [0.15, 0.2) is 5.13 Å². The van der Waals surface area contributed by atoms with E-state index in [1.807, 2.05) is 31.2 Å². The highest BCUT2D eigenvalue weighted by atomic mass is 32.2. The maximum absolute atomic E-state index is 12.5. The quantitative estimate of drug-likeness (QED) is 0.165. The number of nitrogens with two attached hydrogens (primary N) is 1. The molecule has 2 aromatic carbocycles. The normalized spacial score (nSPS) is 10.4. The molecule has 10 nitrogen and oxygen atoms in total. The number of nitrogens with one attached hydrogen (secondary N) is 1. The van der Waals surface area contributed by atoms with E-state index >= 15 is 0 Å². The minimum Gasteiger partial charge on any atom is -0.383 e. The van der Waals surface area contributed by atoms with Gasteiger partial charge in [0.1, 0.15) is 28.5 Å². The number of hydrogen-bond acceptors (Lipinski definition) is 10. The molecule has 0 atom stereocenters. The molecule has 2 aromatic heterocycles. The van der Waals surface area contributed by atoms with Gasteiger partial charge in [0.25, 0.3) is 5.69 Å². The third-order valence-electron chi connectivity index (χ3n) is 5.43. The van der Waals surface area contributed by atoms with Crippen LogP contribution in [0, 0.1) is 39.7 Å². The number of pyridine rings is 1. The lowest BCUT2D eigenvalue weighted by Gasteiger charge is -2.13. The van der Waals surface area contributed by atoms with Gasteiger partial charge >= 0.3 is 0 Å². The lowest BCUT2D eigenvalue weighted by molar-refractivity contribution is -0.384. The number of thiazole rings is 1. The van der Waals surface area contributed by atoms with Gasteiger partial charge in [-0.2, -0.15) is 10.5 Å². The van der Waals surface area contributed by atoms with E-state index in [9.17, 15) is 25.4 Å². The summed E-state index contributed by atoms with van der Waals surface area (Å²) in [6.07, 6.45) is 0.0999. The van der Waals surface area contributed by atoms with Crippen LogP contribution in [0.25, 0.3) is 22.4 Å². The molecular formula is C26H19N7O3S2. The molecule has 188 valence electrons. The molecule has 1 amide bonds. The maximum atomic E-state index is 12.5. The first-order chi connectivity index (χ1) is 18.3. The number of benzene rings is 2. The van der Waals surface area contributed by atoms with Crippen molar-refractivity contribution in [2.24, 2.45) is 0 Å². The third-order valence-corrected chi connectivity index (χ3v) is 7.16. The Morgan fingerprint density at radius 1 is 1.13 bits per heavy atom. The maximum Gasteiger partial charge on any atom is 0.270 e. The van der Waals surface area contributed by atoms with Crippen molar-refractivity contribution in [2.45, 2.75) is 18.4 Å². The summed E-state index contributed by atoms with van der Waals surface area (Å²) in [6, 6.07) is 17.7. The molecule has 0 radical (unpaired) electrons. The Bertz CT molecular complexity index is 1620. The largest absolute Gasteiger partial charge is 0.383 e. The minimum absolute atomic E-state index is 0.0190. The number of nitriles is 2. The molecule has 0 bridgehead atoms. The summed E-state index contributed by atoms with van der Waals surface area (Å²) in [4.78, 5) is 31.7. The Morgan fingerprint density at radius 3 is 2.55 bits per heavy atom. The van der Waals surface area contributed by atoms with E-state index < -0.39 is 4.92 Å². The predicted molar refractivity (Wildman–Crippen MR) is 146 cm³/mol. The molecule has 2 heterocycles. The summed E-state index contributed by atoms with van der Waals surface area (Å²) in [6.45, 7) is 1.94. The lowest BCUT2D eigenvalue weighted by atomic mass is 9.96. The first kappa shape index (κ1) is 26.3. The van der Waals surface area contributed by atoms with E-state index in [2.05, 4.69) is 27.4 Å². The molecule has 0 aliphatic carbocycles. The number of nitro benzene ring substituents is 1. The van der Waals surface area contributed by atoms with Crippen LogP contribution in [0.3, 0.4) is 0 Å². The molecule has 38 heavy (non-hydrogen) atoms. The standard InChI is InChI=1S/C26H19N7O3S2/c1-15-5-7-16(8-6-15)23-19(12-27)24(29)32-25(20(23)13-28)37-10-9-22(34)31-26-30-21(14-38-26)17-3-2-4-18(11-17)33(35)36/h2-8,11,14H,9-10H2,1H3,(H2,29,32)(H,30,31,34). The zero-order chi connectivity index (χ0) is 27.2. The number of aromatic nitrogens is 2. The topological polar surface area (TPSA) is 172 Å². The fraction of sp³-hybridized carbons (Fsp3) is 0.115. The number of rotatable bonds is 8. The second-order valence-electron chi connectivity index (χ2n) is 8.01. The van der Waals surface area contributed by atoms with E-state index in [1.54, 1.807) is 17.5 Å². The van der Waals surface area contributed by atoms with Crippen molar-refractivity contribution in [1.82, 2.24) is 9.97 Å². The predicted octanol–water partition coefficient (Wildman–Crippen LogP) is 5.54. The number of carbonyl (C=O) groups is 1. The third kappa shape index (κ3) is 5.78. The average Bonchev–Trinajstić information content (AvgIpc) is 3.37. The summed E-state index contributed by atoms with van der Waals surface area (Å²) < 4.78 is 0. The molecule has 0 saturated carbocycles. The molecule has 4 rings (SSSR count). The molecule has 0 saturated heterocycles. The number of non-ortho nitro benzene ring substituents is 1. The molecule has 0 spiro atoms. The average molecular weight is 542 g/mol. The van der Waals surface area contributed by atoms with Gasteiger partial charge in [-0.1, -0.05) is 42.0 Å². The van der Waals surface area contributed by atoms with Gasteiger partial charge in [0, 0.05) is 40.8 Å². The van der Waals surface area contributed by atoms with Crippen LogP contribution in [-0.2, 0) is 4.79 Å². The van der Waals surface area contributed by atoms with Crippen LogP contribution >= 0.6 is 23.1 Å². The highest BCUT2D eigenvalue weighted by molar-refractivity contribution is 7.99.